The molecule has 1 heterocycles. The zero-order valence-electron chi connectivity index (χ0n) is 18.9. The van der Waals surface area contributed by atoms with Gasteiger partial charge in [0.25, 0.3) is 11.7 Å². The normalized spacial score (nSPS) is 18.0. The van der Waals surface area contributed by atoms with Crippen LogP contribution in [0.2, 0.25) is 0 Å². The number of halogens is 1. The highest BCUT2D eigenvalue weighted by molar-refractivity contribution is 6.46. The molecule has 1 N–H and O–H groups in total. The van der Waals surface area contributed by atoms with Crippen molar-refractivity contribution in [2.24, 2.45) is 0 Å². The minimum absolute atomic E-state index is 0.0271. The maximum atomic E-state index is 13.6. The van der Waals surface area contributed by atoms with Gasteiger partial charge in [0.1, 0.15) is 17.3 Å². The fourth-order valence-corrected chi connectivity index (χ4v) is 4.02. The van der Waals surface area contributed by atoms with E-state index in [0.717, 1.165) is 5.56 Å². The number of likely N-dealkylation sites (tertiary alicyclic amines) is 1. The summed E-state index contributed by atoms with van der Waals surface area (Å²) in [7, 11) is 3.08. The molecular weight excluding hydrogens is 413 g/mol. The van der Waals surface area contributed by atoms with Gasteiger partial charge in [0.05, 0.1) is 25.3 Å². The third-order valence-corrected chi connectivity index (χ3v) is 5.72. The molecule has 2 aromatic rings. The molecule has 1 atom stereocenters. The van der Waals surface area contributed by atoms with E-state index in [1.807, 2.05) is 13.8 Å². The van der Waals surface area contributed by atoms with Gasteiger partial charge in [-0.05, 0) is 53.8 Å². The van der Waals surface area contributed by atoms with Gasteiger partial charge in [-0.1, -0.05) is 26.0 Å². The van der Waals surface area contributed by atoms with E-state index in [1.165, 1.54) is 36.3 Å². The second-order valence-corrected chi connectivity index (χ2v) is 8.10. The number of amides is 1. The number of ether oxygens (including phenoxy) is 2. The average Bonchev–Trinajstić information content (AvgIpc) is 3.02. The second-order valence-electron chi connectivity index (χ2n) is 8.10. The molecule has 0 bridgehead atoms. The third-order valence-electron chi connectivity index (χ3n) is 5.72. The lowest BCUT2D eigenvalue weighted by molar-refractivity contribution is -0.140. The van der Waals surface area contributed by atoms with Crippen LogP contribution in [0.3, 0.4) is 0 Å². The molecule has 0 spiro atoms. The number of methoxy groups -OCH3 is 2. The van der Waals surface area contributed by atoms with Gasteiger partial charge in [0.2, 0.25) is 0 Å². The Balaban J connectivity index is 2.24. The van der Waals surface area contributed by atoms with E-state index >= 15 is 0 Å². The lowest BCUT2D eigenvalue weighted by atomic mass is 9.91. The zero-order chi connectivity index (χ0) is 23.6. The van der Waals surface area contributed by atoms with Crippen LogP contribution in [0.5, 0.6) is 5.75 Å². The highest BCUT2D eigenvalue weighted by Crippen LogP contribution is 2.41. The van der Waals surface area contributed by atoms with Crippen LogP contribution in [-0.4, -0.2) is 49.1 Å². The number of Topliss-reactive ketones (excluding diaryl/α,β-unsaturated/α-hetero) is 1. The molecule has 1 aliphatic rings. The van der Waals surface area contributed by atoms with Crippen molar-refractivity contribution in [2.45, 2.75) is 32.7 Å². The topological polar surface area (TPSA) is 76.1 Å². The lowest BCUT2D eigenvalue weighted by Crippen LogP contribution is -2.32. The van der Waals surface area contributed by atoms with Gasteiger partial charge in [-0.25, -0.2) is 4.39 Å². The molecule has 3 rings (SSSR count). The quantitative estimate of drug-likeness (QED) is 0.393. The van der Waals surface area contributed by atoms with Gasteiger partial charge in [0, 0.05) is 19.2 Å². The first-order valence-electron chi connectivity index (χ1n) is 10.4. The number of ketones is 1. The highest BCUT2D eigenvalue weighted by Gasteiger charge is 2.46. The number of aliphatic hydroxyl groups is 1. The minimum atomic E-state index is -0.852. The van der Waals surface area contributed by atoms with E-state index < -0.39 is 23.5 Å². The molecule has 1 unspecified atom stereocenters. The first-order chi connectivity index (χ1) is 15.2. The molecule has 6 nitrogen and oxygen atoms in total. The number of aliphatic hydroxyl groups excluding tert-OH is 1. The van der Waals surface area contributed by atoms with Gasteiger partial charge in [-0.2, -0.15) is 0 Å². The van der Waals surface area contributed by atoms with E-state index in [9.17, 15) is 19.1 Å². The number of carbonyl (C=O) groups is 2. The Labute approximate surface area is 187 Å². The lowest BCUT2D eigenvalue weighted by Gasteiger charge is -2.25. The molecule has 0 saturated carbocycles. The van der Waals surface area contributed by atoms with E-state index in [1.54, 1.807) is 26.2 Å². The summed E-state index contributed by atoms with van der Waals surface area (Å²) in [5.41, 5.74) is 2.52. The van der Waals surface area contributed by atoms with Crippen molar-refractivity contribution in [2.75, 3.05) is 27.4 Å². The molecule has 1 fully saturated rings. The highest BCUT2D eigenvalue weighted by atomic mass is 19.1. The number of nitrogens with zero attached hydrogens (tertiary/aromatic N) is 1. The van der Waals surface area contributed by atoms with Crippen molar-refractivity contribution in [3.8, 4) is 5.75 Å². The molecule has 1 aliphatic heterocycles. The van der Waals surface area contributed by atoms with Crippen molar-refractivity contribution >= 4 is 17.4 Å². The van der Waals surface area contributed by atoms with Crippen LogP contribution in [0.4, 0.5) is 4.39 Å². The largest absolute Gasteiger partial charge is 0.507 e. The van der Waals surface area contributed by atoms with Crippen molar-refractivity contribution in [1.82, 2.24) is 4.90 Å². The van der Waals surface area contributed by atoms with Crippen molar-refractivity contribution < 1.29 is 28.6 Å². The Kier molecular flexibility index (Phi) is 6.99. The summed E-state index contributed by atoms with van der Waals surface area (Å²) in [6.07, 6.45) is 0. The minimum Gasteiger partial charge on any atom is -0.507 e. The molecule has 1 amide bonds. The summed E-state index contributed by atoms with van der Waals surface area (Å²) in [6, 6.07) is 8.30. The molecular formula is C25H28FNO5. The summed E-state index contributed by atoms with van der Waals surface area (Å²) >= 11 is 0. The van der Waals surface area contributed by atoms with Crippen LogP contribution in [0.15, 0.2) is 42.0 Å². The Morgan fingerprint density at radius 1 is 1.16 bits per heavy atom. The van der Waals surface area contributed by atoms with E-state index in [2.05, 4.69) is 0 Å². The fraction of sp³-hybridized carbons (Fsp3) is 0.360. The van der Waals surface area contributed by atoms with Crippen molar-refractivity contribution in [1.29, 1.82) is 0 Å². The second kappa shape index (κ2) is 9.53. The molecule has 2 aromatic carbocycles. The molecule has 0 aromatic heterocycles. The van der Waals surface area contributed by atoms with Crippen LogP contribution in [0, 0.1) is 12.7 Å². The number of hydrogen-bond donors (Lipinski definition) is 1. The predicted molar refractivity (Wildman–Crippen MR) is 119 cm³/mol. The monoisotopic (exact) mass is 441 g/mol. The molecule has 0 aliphatic carbocycles. The molecule has 1 saturated heterocycles. The number of carbonyl (C=O) groups excluding carboxylic acids is 2. The van der Waals surface area contributed by atoms with Crippen molar-refractivity contribution in [3.63, 3.8) is 0 Å². The number of benzene rings is 2. The first-order valence-corrected chi connectivity index (χ1v) is 10.4. The fourth-order valence-electron chi connectivity index (χ4n) is 4.02. The molecule has 0 radical (unpaired) electrons. The van der Waals surface area contributed by atoms with E-state index in [4.69, 9.17) is 9.47 Å². The van der Waals surface area contributed by atoms with Gasteiger partial charge in [-0.3, -0.25) is 9.59 Å². The van der Waals surface area contributed by atoms with Gasteiger partial charge in [0.15, 0.2) is 0 Å². The summed E-state index contributed by atoms with van der Waals surface area (Å²) in [4.78, 5) is 27.3. The average molecular weight is 441 g/mol. The van der Waals surface area contributed by atoms with Gasteiger partial charge in [-0.15, -0.1) is 0 Å². The SMILES string of the molecule is COCCN1C(=O)C(=O)/C(=C(/O)c2cc(C(C)C)c(OC)cc2C)C1c1ccc(F)cc1. The Hall–Kier alpha value is -3.19. The first kappa shape index (κ1) is 23.5. The van der Waals surface area contributed by atoms with Crippen LogP contribution >= 0.6 is 0 Å². The predicted octanol–water partition coefficient (Wildman–Crippen LogP) is 4.33. The van der Waals surface area contributed by atoms with Crippen LogP contribution < -0.4 is 4.74 Å². The Morgan fingerprint density at radius 3 is 2.38 bits per heavy atom. The Morgan fingerprint density at radius 2 is 1.81 bits per heavy atom. The number of rotatable bonds is 7. The van der Waals surface area contributed by atoms with Crippen LogP contribution in [0.1, 0.15) is 48.1 Å². The molecule has 7 heteroatoms. The van der Waals surface area contributed by atoms with E-state index in [0.29, 0.717) is 22.4 Å². The third kappa shape index (κ3) is 4.25. The summed E-state index contributed by atoms with van der Waals surface area (Å²) in [5.74, 6) is -1.42. The number of aryl methyl sites for hydroxylation is 1. The standard InChI is InChI=1S/C25H28FNO5/c1-14(2)18-13-19(15(3)12-20(18)32-5)23(28)21-22(16-6-8-17(26)9-7-16)27(10-11-31-4)25(30)24(21)29/h6-9,12-14,22,28H,10-11H2,1-5H3/b23-21+. The smallest absolute Gasteiger partial charge is 0.295 e. The summed E-state index contributed by atoms with van der Waals surface area (Å²) < 4.78 is 24.1. The Bertz CT molecular complexity index is 1060. The summed E-state index contributed by atoms with van der Waals surface area (Å²) in [6.45, 7) is 6.16. The maximum absolute atomic E-state index is 13.6. The van der Waals surface area contributed by atoms with Crippen molar-refractivity contribution in [3.05, 3.63) is 70.0 Å². The zero-order valence-corrected chi connectivity index (χ0v) is 18.9. The molecule has 170 valence electrons. The van der Waals surface area contributed by atoms with Crippen LogP contribution in [-0.2, 0) is 14.3 Å². The molecule has 32 heavy (non-hydrogen) atoms. The van der Waals surface area contributed by atoms with Gasteiger partial charge < -0.3 is 19.5 Å². The van der Waals surface area contributed by atoms with Gasteiger partial charge >= 0.3 is 0 Å². The van der Waals surface area contributed by atoms with Crippen LogP contribution in [0.25, 0.3) is 5.76 Å². The number of hydrogen-bond acceptors (Lipinski definition) is 5. The summed E-state index contributed by atoms with van der Waals surface area (Å²) in [5, 5.41) is 11.3. The van der Waals surface area contributed by atoms with E-state index in [-0.39, 0.29) is 30.4 Å². The maximum Gasteiger partial charge on any atom is 0.295 e.